The zero-order valence-electron chi connectivity index (χ0n) is 14.2. The van der Waals surface area contributed by atoms with Gasteiger partial charge >= 0.3 is 5.97 Å². The number of fused-ring (bicyclic) bond motifs is 2. The lowest BCUT2D eigenvalue weighted by atomic mass is 9.89. The van der Waals surface area contributed by atoms with E-state index in [4.69, 9.17) is 0 Å². The zero-order valence-corrected chi connectivity index (χ0v) is 14.2. The molecule has 5 heteroatoms. The maximum Gasteiger partial charge on any atom is 0.305 e. The van der Waals surface area contributed by atoms with Crippen LogP contribution in [0.5, 0.6) is 0 Å². The standard InChI is InChI=1S/C19H26N2O3/c1-24-19(23)9-4-13-2-5-15(6-3-13)21-18(22)12-14-10-16-7-8-17(11-14)20-16/h2-3,5-6,14,16-17,20H,4,7-12H2,1H3,(H,21,22). The molecule has 2 unspecified atom stereocenters. The van der Waals surface area contributed by atoms with E-state index in [1.54, 1.807) is 0 Å². The molecule has 24 heavy (non-hydrogen) atoms. The summed E-state index contributed by atoms with van der Waals surface area (Å²) < 4.78 is 4.64. The molecule has 0 aromatic heterocycles. The summed E-state index contributed by atoms with van der Waals surface area (Å²) >= 11 is 0. The predicted molar refractivity (Wildman–Crippen MR) is 92.7 cm³/mol. The average molecular weight is 330 g/mol. The van der Waals surface area contributed by atoms with Crippen molar-refractivity contribution in [3.05, 3.63) is 29.8 Å². The van der Waals surface area contributed by atoms with Gasteiger partial charge in [-0.15, -0.1) is 0 Å². The summed E-state index contributed by atoms with van der Waals surface area (Å²) in [5, 5.41) is 6.60. The largest absolute Gasteiger partial charge is 0.469 e. The maximum absolute atomic E-state index is 12.3. The first-order valence-electron chi connectivity index (χ1n) is 8.84. The first kappa shape index (κ1) is 17.0. The molecule has 2 aliphatic heterocycles. The molecular formula is C19H26N2O3. The van der Waals surface area contributed by atoms with Gasteiger partial charge in [0.2, 0.25) is 5.91 Å². The molecule has 2 atom stereocenters. The highest BCUT2D eigenvalue weighted by Gasteiger charge is 2.34. The molecule has 5 nitrogen and oxygen atoms in total. The second kappa shape index (κ2) is 7.79. The summed E-state index contributed by atoms with van der Waals surface area (Å²) in [7, 11) is 1.40. The SMILES string of the molecule is COC(=O)CCc1ccc(NC(=O)CC2CC3CCC(C2)N3)cc1. The molecule has 1 aromatic carbocycles. The second-order valence-electron chi connectivity index (χ2n) is 7.00. The Balaban J connectivity index is 1.45. The fourth-order valence-corrected chi connectivity index (χ4v) is 3.92. The summed E-state index contributed by atoms with van der Waals surface area (Å²) in [5.41, 5.74) is 1.88. The minimum Gasteiger partial charge on any atom is -0.469 e. The molecule has 0 aliphatic carbocycles. The van der Waals surface area contributed by atoms with E-state index in [0.717, 1.165) is 24.1 Å². The fraction of sp³-hybridized carbons (Fsp3) is 0.579. The quantitative estimate of drug-likeness (QED) is 0.787. The number of esters is 1. The van der Waals surface area contributed by atoms with Gasteiger partial charge in [-0.3, -0.25) is 9.59 Å². The van der Waals surface area contributed by atoms with Crippen LogP contribution in [0.4, 0.5) is 5.69 Å². The molecule has 2 N–H and O–H groups in total. The van der Waals surface area contributed by atoms with E-state index < -0.39 is 0 Å². The van der Waals surface area contributed by atoms with Crippen molar-refractivity contribution in [2.75, 3.05) is 12.4 Å². The monoisotopic (exact) mass is 330 g/mol. The summed E-state index contributed by atoms with van der Waals surface area (Å²) in [4.78, 5) is 23.4. The second-order valence-corrected chi connectivity index (χ2v) is 7.00. The lowest BCUT2D eigenvalue weighted by Gasteiger charge is -2.28. The molecule has 3 rings (SSSR count). The Bertz CT molecular complexity index is 573. The number of aryl methyl sites for hydroxylation is 1. The Kier molecular flexibility index (Phi) is 5.51. The molecule has 2 fully saturated rings. The van der Waals surface area contributed by atoms with Crippen molar-refractivity contribution in [2.24, 2.45) is 5.92 Å². The molecule has 0 radical (unpaired) electrons. The summed E-state index contributed by atoms with van der Waals surface area (Å²) in [6.07, 6.45) is 6.40. The Morgan fingerprint density at radius 3 is 2.46 bits per heavy atom. The highest BCUT2D eigenvalue weighted by atomic mass is 16.5. The number of benzene rings is 1. The maximum atomic E-state index is 12.3. The van der Waals surface area contributed by atoms with E-state index >= 15 is 0 Å². The minimum absolute atomic E-state index is 0.101. The number of hydrogen-bond donors (Lipinski definition) is 2. The third-order valence-corrected chi connectivity index (χ3v) is 5.13. The van der Waals surface area contributed by atoms with Gasteiger partial charge in [-0.1, -0.05) is 12.1 Å². The van der Waals surface area contributed by atoms with Crippen molar-refractivity contribution in [3.8, 4) is 0 Å². The van der Waals surface area contributed by atoms with Crippen LogP contribution in [0.25, 0.3) is 0 Å². The molecule has 2 saturated heterocycles. The number of piperidine rings is 1. The molecule has 0 spiro atoms. The number of methoxy groups -OCH3 is 1. The Morgan fingerprint density at radius 2 is 1.83 bits per heavy atom. The van der Waals surface area contributed by atoms with Crippen molar-refractivity contribution < 1.29 is 14.3 Å². The van der Waals surface area contributed by atoms with Gasteiger partial charge in [-0.05, 0) is 55.7 Å². The summed E-state index contributed by atoms with van der Waals surface area (Å²) in [6, 6.07) is 8.94. The van der Waals surface area contributed by atoms with Gasteiger partial charge in [0.05, 0.1) is 7.11 Å². The van der Waals surface area contributed by atoms with Gasteiger partial charge < -0.3 is 15.4 Å². The van der Waals surface area contributed by atoms with Gasteiger partial charge in [0.15, 0.2) is 0 Å². The summed E-state index contributed by atoms with van der Waals surface area (Å²) in [5.74, 6) is 0.398. The van der Waals surface area contributed by atoms with Gasteiger partial charge in [-0.25, -0.2) is 0 Å². The van der Waals surface area contributed by atoms with Crippen molar-refractivity contribution in [2.45, 2.75) is 57.0 Å². The lowest BCUT2D eigenvalue weighted by molar-refractivity contribution is -0.140. The third kappa shape index (κ3) is 4.57. The highest BCUT2D eigenvalue weighted by molar-refractivity contribution is 5.90. The molecule has 130 valence electrons. The zero-order chi connectivity index (χ0) is 16.9. The van der Waals surface area contributed by atoms with Crippen LogP contribution in [0.3, 0.4) is 0 Å². The normalized spacial score (nSPS) is 25.3. The number of carbonyl (C=O) groups is 2. The molecule has 2 heterocycles. The molecular weight excluding hydrogens is 304 g/mol. The molecule has 2 bridgehead atoms. The lowest BCUT2D eigenvalue weighted by Crippen LogP contribution is -2.39. The Labute approximate surface area is 143 Å². The smallest absolute Gasteiger partial charge is 0.305 e. The van der Waals surface area contributed by atoms with Gasteiger partial charge in [0, 0.05) is 30.6 Å². The Hall–Kier alpha value is -1.88. The van der Waals surface area contributed by atoms with Crippen molar-refractivity contribution in [3.63, 3.8) is 0 Å². The van der Waals surface area contributed by atoms with E-state index in [9.17, 15) is 9.59 Å². The first-order valence-corrected chi connectivity index (χ1v) is 8.84. The van der Waals surface area contributed by atoms with Crippen molar-refractivity contribution in [1.82, 2.24) is 5.32 Å². The topological polar surface area (TPSA) is 67.4 Å². The number of ether oxygens (including phenoxy) is 1. The third-order valence-electron chi connectivity index (χ3n) is 5.13. The van der Waals surface area contributed by atoms with Crippen molar-refractivity contribution in [1.29, 1.82) is 0 Å². The molecule has 0 saturated carbocycles. The van der Waals surface area contributed by atoms with Gasteiger partial charge in [0.1, 0.15) is 0 Å². The average Bonchev–Trinajstić information content (AvgIpc) is 2.92. The van der Waals surface area contributed by atoms with Crippen LogP contribution < -0.4 is 10.6 Å². The molecule has 1 aromatic rings. The first-order chi connectivity index (χ1) is 11.6. The Morgan fingerprint density at radius 1 is 1.17 bits per heavy atom. The number of hydrogen-bond acceptors (Lipinski definition) is 4. The van der Waals surface area contributed by atoms with Crippen molar-refractivity contribution >= 4 is 17.6 Å². The fourth-order valence-electron chi connectivity index (χ4n) is 3.92. The molecule has 2 aliphatic rings. The van der Waals surface area contributed by atoms with Crippen LogP contribution in [0.1, 0.15) is 44.1 Å². The predicted octanol–water partition coefficient (Wildman–Crippen LogP) is 2.65. The van der Waals surface area contributed by atoms with Crippen LogP contribution in [0.15, 0.2) is 24.3 Å². The van der Waals surface area contributed by atoms with E-state index in [0.29, 0.717) is 37.3 Å². The van der Waals surface area contributed by atoms with E-state index in [-0.39, 0.29) is 11.9 Å². The number of amides is 1. The van der Waals surface area contributed by atoms with E-state index in [1.807, 2.05) is 24.3 Å². The van der Waals surface area contributed by atoms with Crippen LogP contribution in [0.2, 0.25) is 0 Å². The minimum atomic E-state index is -0.205. The van der Waals surface area contributed by atoms with Crippen LogP contribution in [-0.2, 0) is 20.7 Å². The van der Waals surface area contributed by atoms with E-state index in [2.05, 4.69) is 15.4 Å². The number of anilines is 1. The summed E-state index contributed by atoms with van der Waals surface area (Å²) in [6.45, 7) is 0. The number of carbonyl (C=O) groups excluding carboxylic acids is 2. The number of rotatable bonds is 6. The van der Waals surface area contributed by atoms with Crippen LogP contribution in [0, 0.1) is 5.92 Å². The van der Waals surface area contributed by atoms with Crippen LogP contribution in [-0.4, -0.2) is 31.1 Å². The van der Waals surface area contributed by atoms with E-state index in [1.165, 1.54) is 20.0 Å². The van der Waals surface area contributed by atoms with Gasteiger partial charge in [-0.2, -0.15) is 0 Å². The molecule has 1 amide bonds. The highest BCUT2D eigenvalue weighted by Crippen LogP contribution is 2.32. The van der Waals surface area contributed by atoms with Crippen LogP contribution >= 0.6 is 0 Å². The van der Waals surface area contributed by atoms with Gasteiger partial charge in [0.25, 0.3) is 0 Å². The number of nitrogens with one attached hydrogen (secondary N) is 2.